The zero-order chi connectivity index (χ0) is 13.3. The van der Waals surface area contributed by atoms with Crippen LogP contribution in [0.1, 0.15) is 5.56 Å². The van der Waals surface area contributed by atoms with Crippen molar-refractivity contribution in [1.29, 1.82) is 0 Å². The molecule has 0 aliphatic rings. The van der Waals surface area contributed by atoms with Crippen molar-refractivity contribution < 1.29 is 4.74 Å². The number of para-hydroxylation sites is 1. The van der Waals surface area contributed by atoms with Crippen LogP contribution >= 0.6 is 0 Å². The highest BCUT2D eigenvalue weighted by Gasteiger charge is 1.88. The molecule has 94 valence electrons. The molecule has 0 atom stereocenters. The number of nitrogens with zero attached hydrogens (tertiary/aromatic N) is 1. The zero-order valence-electron chi connectivity index (χ0n) is 10.6. The minimum atomic E-state index is 0.824. The summed E-state index contributed by atoms with van der Waals surface area (Å²) in [5, 5.41) is 4.02. The second-order valence-electron chi connectivity index (χ2n) is 3.73. The van der Waals surface area contributed by atoms with Crippen molar-refractivity contribution in [2.75, 3.05) is 12.5 Å². The van der Waals surface area contributed by atoms with Crippen LogP contribution in [0.4, 0.5) is 5.69 Å². The summed E-state index contributed by atoms with van der Waals surface area (Å²) in [5.41, 5.74) is 4.75. The monoisotopic (exact) mass is 250 g/mol. The number of methoxy groups -OCH3 is 1. The molecule has 1 N–H and O–H groups in total. The molecule has 2 rings (SSSR count). The van der Waals surface area contributed by atoms with Gasteiger partial charge in [0.2, 0.25) is 0 Å². The van der Waals surface area contributed by atoms with Gasteiger partial charge in [-0.1, -0.05) is 24.1 Å². The smallest absolute Gasteiger partial charge is 0.118 e. The van der Waals surface area contributed by atoms with Gasteiger partial charge in [-0.25, -0.2) is 0 Å². The number of ether oxygens (including phenoxy) is 1. The Labute approximate surface area is 112 Å². The van der Waals surface area contributed by atoms with E-state index in [9.17, 15) is 0 Å². The Morgan fingerprint density at radius 3 is 2.47 bits per heavy atom. The van der Waals surface area contributed by atoms with Crippen molar-refractivity contribution in [3.05, 3.63) is 60.2 Å². The van der Waals surface area contributed by atoms with Crippen LogP contribution in [0.15, 0.2) is 59.7 Å². The number of hydrogen-bond acceptors (Lipinski definition) is 3. The molecular weight excluding hydrogens is 236 g/mol. The summed E-state index contributed by atoms with van der Waals surface area (Å²) in [7, 11) is 1.64. The van der Waals surface area contributed by atoms with Crippen LogP contribution in [-0.2, 0) is 0 Å². The van der Waals surface area contributed by atoms with Gasteiger partial charge in [0.25, 0.3) is 0 Å². The Morgan fingerprint density at radius 1 is 1.05 bits per heavy atom. The van der Waals surface area contributed by atoms with Gasteiger partial charge in [0, 0.05) is 5.56 Å². The first-order chi connectivity index (χ1) is 9.38. The van der Waals surface area contributed by atoms with Crippen molar-refractivity contribution in [1.82, 2.24) is 0 Å². The summed E-state index contributed by atoms with van der Waals surface area (Å²) < 4.78 is 5.08. The third-order valence-corrected chi connectivity index (χ3v) is 2.40. The molecule has 2 aromatic carbocycles. The molecule has 2 aromatic rings. The van der Waals surface area contributed by atoms with Gasteiger partial charge in [0.1, 0.15) is 5.75 Å². The van der Waals surface area contributed by atoms with Crippen molar-refractivity contribution in [2.24, 2.45) is 5.10 Å². The molecule has 0 aliphatic heterocycles. The van der Waals surface area contributed by atoms with E-state index >= 15 is 0 Å². The minimum Gasteiger partial charge on any atom is -0.497 e. The summed E-state index contributed by atoms with van der Waals surface area (Å²) >= 11 is 0. The van der Waals surface area contributed by atoms with Crippen molar-refractivity contribution in [3.63, 3.8) is 0 Å². The number of rotatable bonds is 3. The van der Waals surface area contributed by atoms with Crippen molar-refractivity contribution in [3.8, 4) is 17.6 Å². The Bertz CT molecular complexity index is 592. The van der Waals surface area contributed by atoms with Crippen LogP contribution in [0.3, 0.4) is 0 Å². The predicted molar refractivity (Wildman–Crippen MR) is 78.4 cm³/mol. The van der Waals surface area contributed by atoms with E-state index in [1.807, 2.05) is 54.6 Å². The zero-order valence-corrected chi connectivity index (χ0v) is 10.6. The fourth-order valence-electron chi connectivity index (χ4n) is 1.44. The molecule has 0 saturated heterocycles. The van der Waals surface area contributed by atoms with Crippen molar-refractivity contribution in [2.45, 2.75) is 0 Å². The number of hydrazone groups is 1. The van der Waals surface area contributed by atoms with E-state index in [0.29, 0.717) is 0 Å². The van der Waals surface area contributed by atoms with Crippen LogP contribution < -0.4 is 10.2 Å². The van der Waals surface area contributed by atoms with E-state index in [4.69, 9.17) is 4.74 Å². The molecule has 3 nitrogen and oxygen atoms in total. The Hall–Kier alpha value is -2.73. The lowest BCUT2D eigenvalue weighted by atomic mass is 10.2. The standard InChI is InChI=1S/C16H14N2O/c1-19-16-11-9-14(10-12-16)6-5-13-17-18-15-7-3-2-4-8-15/h2-4,7-13,18H,1H3/b17-13-. The van der Waals surface area contributed by atoms with E-state index in [1.165, 1.54) is 6.21 Å². The minimum absolute atomic E-state index is 0.824. The average Bonchev–Trinajstić information content (AvgIpc) is 2.49. The average molecular weight is 250 g/mol. The van der Waals surface area contributed by atoms with Gasteiger partial charge < -0.3 is 4.74 Å². The molecule has 0 radical (unpaired) electrons. The molecular formula is C16H14N2O. The van der Waals surface area contributed by atoms with Gasteiger partial charge in [-0.2, -0.15) is 5.10 Å². The Morgan fingerprint density at radius 2 is 1.79 bits per heavy atom. The number of hydrogen-bond donors (Lipinski definition) is 1. The lowest BCUT2D eigenvalue weighted by Crippen LogP contribution is -1.87. The summed E-state index contributed by atoms with van der Waals surface area (Å²) in [6.45, 7) is 0. The maximum atomic E-state index is 5.08. The molecule has 0 aromatic heterocycles. The first-order valence-corrected chi connectivity index (χ1v) is 5.86. The molecule has 0 heterocycles. The molecule has 19 heavy (non-hydrogen) atoms. The fourth-order valence-corrected chi connectivity index (χ4v) is 1.44. The van der Waals surface area contributed by atoms with Crippen LogP contribution in [-0.4, -0.2) is 13.3 Å². The van der Waals surface area contributed by atoms with Gasteiger partial charge in [0.05, 0.1) is 19.0 Å². The van der Waals surface area contributed by atoms with Crippen LogP contribution in [0.25, 0.3) is 0 Å². The van der Waals surface area contributed by atoms with Crippen molar-refractivity contribution >= 4 is 11.9 Å². The highest BCUT2D eigenvalue weighted by atomic mass is 16.5. The number of benzene rings is 2. The SMILES string of the molecule is COc1ccc(C#C/C=N\Nc2ccccc2)cc1. The van der Waals surface area contributed by atoms with Gasteiger partial charge in [-0.15, -0.1) is 0 Å². The molecule has 0 bridgehead atoms. The van der Waals surface area contributed by atoms with Gasteiger partial charge >= 0.3 is 0 Å². The fraction of sp³-hybridized carbons (Fsp3) is 0.0625. The first kappa shape index (κ1) is 12.7. The predicted octanol–water partition coefficient (Wildman–Crippen LogP) is 3.14. The number of anilines is 1. The van der Waals surface area contributed by atoms with Gasteiger partial charge in [-0.05, 0) is 42.3 Å². The maximum absolute atomic E-state index is 5.08. The molecule has 0 spiro atoms. The van der Waals surface area contributed by atoms with E-state index in [1.54, 1.807) is 7.11 Å². The van der Waals surface area contributed by atoms with E-state index < -0.39 is 0 Å². The largest absolute Gasteiger partial charge is 0.497 e. The molecule has 0 aliphatic carbocycles. The third-order valence-electron chi connectivity index (χ3n) is 2.40. The second kappa shape index (κ2) is 6.87. The summed E-state index contributed by atoms with van der Waals surface area (Å²) in [6.07, 6.45) is 1.54. The molecule has 0 fully saturated rings. The lowest BCUT2D eigenvalue weighted by molar-refractivity contribution is 0.415. The Kier molecular flexibility index (Phi) is 4.60. The molecule has 0 saturated carbocycles. The summed E-state index contributed by atoms with van der Waals surface area (Å²) in [4.78, 5) is 0. The lowest BCUT2D eigenvalue weighted by Gasteiger charge is -1.97. The van der Waals surface area contributed by atoms with Gasteiger partial charge in [0.15, 0.2) is 0 Å². The topological polar surface area (TPSA) is 33.6 Å². The van der Waals surface area contributed by atoms with E-state index in [0.717, 1.165) is 17.0 Å². The molecule has 3 heteroatoms. The highest BCUT2D eigenvalue weighted by molar-refractivity contribution is 5.79. The van der Waals surface area contributed by atoms with Gasteiger partial charge in [-0.3, -0.25) is 5.43 Å². The maximum Gasteiger partial charge on any atom is 0.118 e. The quantitative estimate of drug-likeness (QED) is 0.516. The highest BCUT2D eigenvalue weighted by Crippen LogP contribution is 2.10. The van der Waals surface area contributed by atoms with Crippen LogP contribution in [0, 0.1) is 11.8 Å². The summed E-state index contributed by atoms with van der Waals surface area (Å²) in [6, 6.07) is 17.3. The van der Waals surface area contributed by atoms with Crippen LogP contribution in [0.2, 0.25) is 0 Å². The summed E-state index contributed by atoms with van der Waals surface area (Å²) in [5.74, 6) is 6.68. The molecule has 0 amide bonds. The second-order valence-corrected chi connectivity index (χ2v) is 3.73. The Balaban J connectivity index is 1.89. The third kappa shape index (κ3) is 4.21. The first-order valence-electron chi connectivity index (χ1n) is 5.86. The molecule has 0 unspecified atom stereocenters. The number of nitrogens with one attached hydrogen (secondary N) is 1. The van der Waals surface area contributed by atoms with E-state index in [-0.39, 0.29) is 0 Å². The van der Waals surface area contributed by atoms with Crippen LogP contribution in [0.5, 0.6) is 5.75 Å². The normalized spacial score (nSPS) is 9.74. The van der Waals surface area contributed by atoms with E-state index in [2.05, 4.69) is 22.4 Å².